The first-order valence-corrected chi connectivity index (χ1v) is 4.41. The average Bonchev–Trinajstić information content (AvgIpc) is 2.26. The van der Waals surface area contributed by atoms with Crippen LogP contribution in [0.15, 0.2) is 0 Å². The third-order valence-electron chi connectivity index (χ3n) is 1.69. The van der Waals surface area contributed by atoms with E-state index < -0.39 is 0 Å². The first-order chi connectivity index (χ1) is 5.92. The minimum Gasteiger partial charge on any atom is -0.430 e. The molecular formula is C9H18N3O+. The van der Waals surface area contributed by atoms with Gasteiger partial charge in [-0.3, -0.25) is 0 Å². The summed E-state index contributed by atoms with van der Waals surface area (Å²) in [6.45, 7) is 6.55. The van der Waals surface area contributed by atoms with Gasteiger partial charge in [-0.2, -0.15) is 5.10 Å². The van der Waals surface area contributed by atoms with Gasteiger partial charge in [0.1, 0.15) is 7.05 Å². The molecule has 1 aromatic rings. The maximum Gasteiger partial charge on any atom is 0.519 e. The second kappa shape index (κ2) is 3.36. The Balaban J connectivity index is 2.80. The molecule has 0 bridgehead atoms. The predicted octanol–water partition coefficient (Wildman–Crippen LogP) is 0.831. The Morgan fingerprint density at radius 3 is 2.46 bits per heavy atom. The van der Waals surface area contributed by atoms with Crippen LogP contribution in [0.3, 0.4) is 0 Å². The highest BCUT2D eigenvalue weighted by Gasteiger charge is 2.22. The molecule has 13 heavy (non-hydrogen) atoms. The van der Waals surface area contributed by atoms with Crippen LogP contribution < -0.4 is 9.42 Å². The van der Waals surface area contributed by atoms with Gasteiger partial charge in [0.25, 0.3) is 5.82 Å². The van der Waals surface area contributed by atoms with Gasteiger partial charge in [-0.05, 0) is 5.41 Å². The van der Waals surface area contributed by atoms with Gasteiger partial charge in [0.05, 0.1) is 7.11 Å². The van der Waals surface area contributed by atoms with Crippen LogP contribution in [0.1, 0.15) is 26.6 Å². The summed E-state index contributed by atoms with van der Waals surface area (Å²) in [7, 11) is 3.51. The van der Waals surface area contributed by atoms with Crippen LogP contribution in [0.25, 0.3) is 0 Å². The van der Waals surface area contributed by atoms with Gasteiger partial charge in [-0.15, -0.1) is 4.68 Å². The van der Waals surface area contributed by atoms with Crippen molar-refractivity contribution in [1.82, 2.24) is 10.1 Å². The number of H-pyrrole nitrogens is 1. The van der Waals surface area contributed by atoms with Crippen molar-refractivity contribution in [2.75, 3.05) is 7.11 Å². The molecule has 0 atom stereocenters. The van der Waals surface area contributed by atoms with E-state index in [2.05, 4.69) is 30.9 Å². The molecule has 0 saturated carbocycles. The summed E-state index contributed by atoms with van der Waals surface area (Å²) in [5.41, 5.74) is 0.246. The molecule has 0 amide bonds. The number of nitrogens with one attached hydrogen (secondary N) is 1. The van der Waals surface area contributed by atoms with Gasteiger partial charge in [0.2, 0.25) is 0 Å². The first-order valence-electron chi connectivity index (χ1n) is 4.41. The molecule has 1 rings (SSSR count). The minimum absolute atomic E-state index is 0.246. The fourth-order valence-electron chi connectivity index (χ4n) is 1.22. The average molecular weight is 184 g/mol. The van der Waals surface area contributed by atoms with E-state index in [4.69, 9.17) is 4.74 Å². The molecule has 4 nitrogen and oxygen atoms in total. The Morgan fingerprint density at radius 2 is 2.08 bits per heavy atom. The maximum absolute atomic E-state index is 5.06. The largest absolute Gasteiger partial charge is 0.519 e. The monoisotopic (exact) mass is 184 g/mol. The van der Waals surface area contributed by atoms with Crippen LogP contribution in [0, 0.1) is 5.41 Å². The molecule has 0 radical (unpaired) electrons. The Morgan fingerprint density at radius 1 is 1.46 bits per heavy atom. The summed E-state index contributed by atoms with van der Waals surface area (Å²) < 4.78 is 6.84. The summed E-state index contributed by atoms with van der Waals surface area (Å²) in [4.78, 5) is 4.30. The number of hydrogen-bond donors (Lipinski definition) is 1. The number of aromatic nitrogens is 3. The van der Waals surface area contributed by atoms with Gasteiger partial charge < -0.3 is 4.74 Å². The summed E-state index contributed by atoms with van der Waals surface area (Å²) in [5, 5.41) is 3.13. The number of aryl methyl sites for hydroxylation is 1. The van der Waals surface area contributed by atoms with Crippen LogP contribution in [-0.2, 0) is 13.5 Å². The van der Waals surface area contributed by atoms with Gasteiger partial charge in [0, 0.05) is 11.4 Å². The predicted molar refractivity (Wildman–Crippen MR) is 49.5 cm³/mol. The fraction of sp³-hybridized carbons (Fsp3) is 0.778. The lowest BCUT2D eigenvalue weighted by Crippen LogP contribution is -2.31. The molecular weight excluding hydrogens is 166 g/mol. The summed E-state index contributed by atoms with van der Waals surface area (Å²) >= 11 is 0. The molecule has 0 fully saturated rings. The number of nitrogens with zero attached hydrogens (tertiary/aromatic N) is 2. The van der Waals surface area contributed by atoms with Crippen LogP contribution in [0.5, 0.6) is 6.01 Å². The fourth-order valence-corrected chi connectivity index (χ4v) is 1.22. The van der Waals surface area contributed by atoms with Gasteiger partial charge in [0.15, 0.2) is 0 Å². The van der Waals surface area contributed by atoms with Crippen LogP contribution in [0.4, 0.5) is 0 Å². The lowest BCUT2D eigenvalue weighted by atomic mass is 9.92. The molecule has 1 aromatic heterocycles. The van der Waals surface area contributed by atoms with E-state index in [1.807, 2.05) is 7.05 Å². The topological polar surface area (TPSA) is 41.8 Å². The zero-order chi connectivity index (χ0) is 10.1. The standard InChI is InChI=1S/C9H17N3O/c1-9(2,3)6-7-10-8(13-5)12(4)11-7/h6H2,1-5H3/p+1. The highest BCUT2D eigenvalue weighted by molar-refractivity contribution is 4.91. The first kappa shape index (κ1) is 10.0. The third-order valence-corrected chi connectivity index (χ3v) is 1.69. The SMILES string of the molecule is COc1nc(CC(C)(C)C)[nH][n+]1C. The molecule has 4 heteroatoms. The highest BCUT2D eigenvalue weighted by Crippen LogP contribution is 2.18. The van der Waals surface area contributed by atoms with E-state index in [0.29, 0.717) is 6.01 Å². The number of rotatable bonds is 2. The van der Waals surface area contributed by atoms with Crippen molar-refractivity contribution in [1.29, 1.82) is 0 Å². The van der Waals surface area contributed by atoms with E-state index in [9.17, 15) is 0 Å². The van der Waals surface area contributed by atoms with Gasteiger partial charge >= 0.3 is 6.01 Å². The number of ether oxygens (including phenoxy) is 1. The van der Waals surface area contributed by atoms with Gasteiger partial charge in [-0.25, -0.2) is 0 Å². The molecule has 0 aliphatic heterocycles. The molecule has 74 valence electrons. The smallest absolute Gasteiger partial charge is 0.430 e. The lowest BCUT2D eigenvalue weighted by Gasteiger charge is -2.12. The maximum atomic E-state index is 5.06. The van der Waals surface area contributed by atoms with E-state index in [-0.39, 0.29) is 5.41 Å². The molecule has 0 aliphatic rings. The quantitative estimate of drug-likeness (QED) is 0.692. The van der Waals surface area contributed by atoms with E-state index in [1.54, 1.807) is 11.8 Å². The Kier molecular flexibility index (Phi) is 2.59. The van der Waals surface area contributed by atoms with Crippen molar-refractivity contribution in [2.24, 2.45) is 12.5 Å². The molecule has 0 aliphatic carbocycles. The van der Waals surface area contributed by atoms with Crippen molar-refractivity contribution in [2.45, 2.75) is 27.2 Å². The zero-order valence-electron chi connectivity index (χ0n) is 9.01. The molecule has 1 N–H and O–H groups in total. The number of methoxy groups -OCH3 is 1. The molecule has 0 spiro atoms. The van der Waals surface area contributed by atoms with Crippen molar-refractivity contribution < 1.29 is 9.42 Å². The molecule has 1 heterocycles. The van der Waals surface area contributed by atoms with E-state index in [1.165, 1.54) is 0 Å². The second-order valence-corrected chi connectivity index (χ2v) is 4.45. The Labute approximate surface area is 78.9 Å². The highest BCUT2D eigenvalue weighted by atomic mass is 16.5. The lowest BCUT2D eigenvalue weighted by molar-refractivity contribution is -0.732. The van der Waals surface area contributed by atoms with Crippen molar-refractivity contribution in [3.05, 3.63) is 5.82 Å². The van der Waals surface area contributed by atoms with Crippen LogP contribution in [0.2, 0.25) is 0 Å². The zero-order valence-corrected chi connectivity index (χ0v) is 9.01. The summed E-state index contributed by atoms with van der Waals surface area (Å²) in [6, 6.07) is 0.624. The normalized spacial score (nSPS) is 11.8. The molecule has 0 unspecified atom stereocenters. The Hall–Kier alpha value is -1.06. The van der Waals surface area contributed by atoms with Crippen LogP contribution >= 0.6 is 0 Å². The minimum atomic E-state index is 0.246. The number of hydrogen-bond acceptors (Lipinski definition) is 2. The second-order valence-electron chi connectivity index (χ2n) is 4.45. The number of aromatic amines is 1. The van der Waals surface area contributed by atoms with Crippen molar-refractivity contribution in [3.63, 3.8) is 0 Å². The van der Waals surface area contributed by atoms with Crippen LogP contribution in [-0.4, -0.2) is 17.2 Å². The Bertz CT molecular complexity index is 286. The molecule has 0 aromatic carbocycles. The molecule has 0 saturated heterocycles. The van der Waals surface area contributed by atoms with E-state index in [0.717, 1.165) is 12.2 Å². The summed E-state index contributed by atoms with van der Waals surface area (Å²) in [5.74, 6) is 0.965. The van der Waals surface area contributed by atoms with Gasteiger partial charge in [-0.1, -0.05) is 20.8 Å². The van der Waals surface area contributed by atoms with Crippen molar-refractivity contribution in [3.8, 4) is 6.01 Å². The van der Waals surface area contributed by atoms with Crippen molar-refractivity contribution >= 4 is 0 Å². The summed E-state index contributed by atoms with van der Waals surface area (Å²) in [6.07, 6.45) is 0.921. The van der Waals surface area contributed by atoms with E-state index >= 15 is 0 Å². The third kappa shape index (κ3) is 2.72.